The molecule has 1 aliphatic rings. The van der Waals surface area contributed by atoms with Crippen LogP contribution >= 0.6 is 35.3 Å². The molecule has 8 heteroatoms. The summed E-state index contributed by atoms with van der Waals surface area (Å²) < 4.78 is 5.52. The minimum Gasteiger partial charge on any atom is -0.379 e. The predicted molar refractivity (Wildman–Crippen MR) is 116 cm³/mol. The number of hydrogen-bond acceptors (Lipinski definition) is 5. The number of nitrogens with zero attached hydrogens (tertiary/aromatic N) is 3. The van der Waals surface area contributed by atoms with Gasteiger partial charge in [-0.15, -0.1) is 35.3 Å². The number of halogens is 1. The summed E-state index contributed by atoms with van der Waals surface area (Å²) in [7, 11) is 0. The van der Waals surface area contributed by atoms with Gasteiger partial charge < -0.3 is 15.4 Å². The normalized spacial score (nSPS) is 20.0. The van der Waals surface area contributed by atoms with Gasteiger partial charge in [0.2, 0.25) is 0 Å². The third-order valence-electron chi connectivity index (χ3n) is 4.34. The number of aliphatic imine (C=N–C) groups is 1. The zero-order valence-electron chi connectivity index (χ0n) is 16.0. The number of ether oxygens (including phenoxy) is 1. The average Bonchev–Trinajstić information content (AvgIpc) is 2.88. The third-order valence-corrected chi connectivity index (χ3v) is 5.40. The van der Waals surface area contributed by atoms with E-state index in [-0.39, 0.29) is 24.0 Å². The molecule has 2 rings (SSSR count). The van der Waals surface area contributed by atoms with Gasteiger partial charge in [-0.1, -0.05) is 0 Å². The molecular formula is C17H32IN5OS. The van der Waals surface area contributed by atoms with Crippen LogP contribution < -0.4 is 10.6 Å². The zero-order valence-corrected chi connectivity index (χ0v) is 19.1. The molecule has 2 atom stereocenters. The topological polar surface area (TPSA) is 61.8 Å². The lowest BCUT2D eigenvalue weighted by molar-refractivity contribution is -0.0174. The molecule has 1 aromatic heterocycles. The minimum absolute atomic E-state index is 0. The Morgan fingerprint density at radius 2 is 2.20 bits per heavy atom. The molecule has 0 aliphatic carbocycles. The number of aromatic nitrogens is 1. The van der Waals surface area contributed by atoms with Crippen molar-refractivity contribution in [1.82, 2.24) is 20.5 Å². The summed E-state index contributed by atoms with van der Waals surface area (Å²) in [5.41, 5.74) is 1.11. The fourth-order valence-electron chi connectivity index (χ4n) is 2.85. The Hall–Kier alpha value is -0.450. The van der Waals surface area contributed by atoms with Crippen LogP contribution in [0.3, 0.4) is 0 Å². The first-order chi connectivity index (χ1) is 11.5. The highest BCUT2D eigenvalue weighted by molar-refractivity contribution is 14.0. The van der Waals surface area contributed by atoms with E-state index in [0.717, 1.165) is 49.5 Å². The van der Waals surface area contributed by atoms with Gasteiger partial charge in [-0.25, -0.2) is 9.98 Å². The SMILES string of the molecule is CCNC(=NCc1nc(C)c(C)s1)NCC(C)N1CCOCC1C.I. The highest BCUT2D eigenvalue weighted by Gasteiger charge is 2.23. The average molecular weight is 481 g/mol. The molecule has 0 saturated carbocycles. The van der Waals surface area contributed by atoms with Gasteiger partial charge in [0.05, 0.1) is 25.5 Å². The van der Waals surface area contributed by atoms with E-state index >= 15 is 0 Å². The maximum atomic E-state index is 5.52. The monoisotopic (exact) mass is 481 g/mol. The summed E-state index contributed by atoms with van der Waals surface area (Å²) in [6, 6.07) is 0.911. The van der Waals surface area contributed by atoms with E-state index in [4.69, 9.17) is 4.74 Å². The quantitative estimate of drug-likeness (QED) is 0.372. The van der Waals surface area contributed by atoms with Crippen molar-refractivity contribution in [2.45, 2.75) is 53.2 Å². The number of guanidine groups is 1. The van der Waals surface area contributed by atoms with Crippen LogP contribution in [0.1, 0.15) is 36.3 Å². The molecule has 0 bridgehead atoms. The zero-order chi connectivity index (χ0) is 17.5. The Morgan fingerprint density at radius 3 is 2.80 bits per heavy atom. The van der Waals surface area contributed by atoms with E-state index in [1.165, 1.54) is 4.88 Å². The molecule has 1 aromatic rings. The van der Waals surface area contributed by atoms with Crippen LogP contribution in [-0.4, -0.2) is 60.8 Å². The lowest BCUT2D eigenvalue weighted by Crippen LogP contribution is -2.53. The molecule has 2 N–H and O–H groups in total. The van der Waals surface area contributed by atoms with Crippen LogP contribution in [0.15, 0.2) is 4.99 Å². The Balaban J connectivity index is 0.00000312. The van der Waals surface area contributed by atoms with E-state index < -0.39 is 0 Å². The van der Waals surface area contributed by atoms with Gasteiger partial charge in [0.1, 0.15) is 5.01 Å². The molecule has 1 saturated heterocycles. The first-order valence-corrected chi connectivity index (χ1v) is 9.61. The molecule has 144 valence electrons. The number of morpholine rings is 1. The maximum Gasteiger partial charge on any atom is 0.191 e. The van der Waals surface area contributed by atoms with Crippen LogP contribution in [0.5, 0.6) is 0 Å². The van der Waals surface area contributed by atoms with Crippen molar-refractivity contribution in [3.8, 4) is 0 Å². The molecule has 0 radical (unpaired) electrons. The van der Waals surface area contributed by atoms with Crippen molar-refractivity contribution < 1.29 is 4.74 Å². The third kappa shape index (κ3) is 6.99. The van der Waals surface area contributed by atoms with E-state index in [2.05, 4.69) is 53.2 Å². The Labute approximate surface area is 172 Å². The van der Waals surface area contributed by atoms with Crippen molar-refractivity contribution in [3.63, 3.8) is 0 Å². The van der Waals surface area contributed by atoms with E-state index in [9.17, 15) is 0 Å². The number of rotatable bonds is 6. The van der Waals surface area contributed by atoms with Crippen LogP contribution in [0.4, 0.5) is 0 Å². The van der Waals surface area contributed by atoms with E-state index in [0.29, 0.717) is 18.6 Å². The van der Waals surface area contributed by atoms with Gasteiger partial charge in [-0.3, -0.25) is 4.90 Å². The van der Waals surface area contributed by atoms with Gasteiger partial charge in [-0.2, -0.15) is 0 Å². The van der Waals surface area contributed by atoms with Crippen LogP contribution in [-0.2, 0) is 11.3 Å². The largest absolute Gasteiger partial charge is 0.379 e. The Kier molecular flexibility index (Phi) is 10.2. The van der Waals surface area contributed by atoms with E-state index in [1.54, 1.807) is 11.3 Å². The number of nitrogens with one attached hydrogen (secondary N) is 2. The Bertz CT molecular complexity index is 532. The van der Waals surface area contributed by atoms with E-state index in [1.807, 2.05) is 6.92 Å². The second-order valence-corrected chi connectivity index (χ2v) is 7.62. The van der Waals surface area contributed by atoms with Crippen molar-refractivity contribution in [3.05, 3.63) is 15.6 Å². The second-order valence-electron chi connectivity index (χ2n) is 6.34. The minimum atomic E-state index is 0. The summed E-state index contributed by atoms with van der Waals surface area (Å²) in [4.78, 5) is 13.0. The smallest absolute Gasteiger partial charge is 0.191 e. The second kappa shape index (κ2) is 11.3. The molecular weight excluding hydrogens is 449 g/mol. The van der Waals surface area contributed by atoms with Gasteiger partial charge in [0, 0.05) is 36.6 Å². The highest BCUT2D eigenvalue weighted by Crippen LogP contribution is 2.17. The molecule has 2 unspecified atom stereocenters. The number of aryl methyl sites for hydroxylation is 2. The number of hydrogen-bond donors (Lipinski definition) is 2. The summed E-state index contributed by atoms with van der Waals surface area (Å²) in [5, 5.41) is 7.85. The van der Waals surface area contributed by atoms with Crippen LogP contribution in [0.25, 0.3) is 0 Å². The first-order valence-electron chi connectivity index (χ1n) is 8.79. The fourth-order valence-corrected chi connectivity index (χ4v) is 3.71. The molecule has 0 aromatic carbocycles. The molecule has 6 nitrogen and oxygen atoms in total. The summed E-state index contributed by atoms with van der Waals surface area (Å²) in [5.74, 6) is 0.857. The molecule has 1 aliphatic heterocycles. The molecule has 0 spiro atoms. The van der Waals surface area contributed by atoms with Gasteiger partial charge >= 0.3 is 0 Å². The van der Waals surface area contributed by atoms with Crippen molar-refractivity contribution in [1.29, 1.82) is 0 Å². The molecule has 25 heavy (non-hydrogen) atoms. The summed E-state index contributed by atoms with van der Waals surface area (Å²) >= 11 is 1.73. The van der Waals surface area contributed by atoms with Crippen molar-refractivity contribution >= 4 is 41.3 Å². The van der Waals surface area contributed by atoms with Crippen molar-refractivity contribution in [2.24, 2.45) is 4.99 Å². The lowest BCUT2D eigenvalue weighted by atomic mass is 10.2. The maximum absolute atomic E-state index is 5.52. The molecule has 2 heterocycles. The number of thiazole rings is 1. The molecule has 1 fully saturated rings. The van der Waals surface area contributed by atoms with Gasteiger partial charge in [0.15, 0.2) is 5.96 Å². The van der Waals surface area contributed by atoms with Crippen LogP contribution in [0, 0.1) is 13.8 Å². The fraction of sp³-hybridized carbons (Fsp3) is 0.765. The summed E-state index contributed by atoms with van der Waals surface area (Å²) in [6.07, 6.45) is 0. The Morgan fingerprint density at radius 1 is 1.44 bits per heavy atom. The van der Waals surface area contributed by atoms with Gasteiger partial charge in [0.25, 0.3) is 0 Å². The molecule has 0 amide bonds. The standard InChI is InChI=1S/C17H31N5OS.HI/c1-6-18-17(20-10-16-21-14(4)15(5)24-16)19-9-12(2)22-7-8-23-11-13(22)3;/h12-13H,6-11H2,1-5H3,(H2,18,19,20);1H. The highest BCUT2D eigenvalue weighted by atomic mass is 127. The summed E-state index contributed by atoms with van der Waals surface area (Å²) in [6.45, 7) is 15.7. The van der Waals surface area contributed by atoms with Gasteiger partial charge in [-0.05, 0) is 34.6 Å². The van der Waals surface area contributed by atoms with Crippen LogP contribution in [0.2, 0.25) is 0 Å². The lowest BCUT2D eigenvalue weighted by Gasteiger charge is -2.38. The first kappa shape index (κ1) is 22.6. The predicted octanol–water partition coefficient (Wildman–Crippen LogP) is 2.54. The van der Waals surface area contributed by atoms with Crippen molar-refractivity contribution in [2.75, 3.05) is 32.8 Å².